The normalized spacial score (nSPS) is 17.9. The Hall–Kier alpha value is -2.45. The summed E-state index contributed by atoms with van der Waals surface area (Å²) in [6.07, 6.45) is 1.85. The van der Waals surface area contributed by atoms with E-state index in [1.165, 1.54) is 10.4 Å². The standard InChI is InChI=1S/C20H20FNO5S/c21-18-9-19(16(14-6-7-14)8-17(18)20(23)24)27-12-13-10-22(11-13)28(25,26)15-4-2-1-3-5-15/h1-5,8-9,13-14H,6-7,10-12H2,(H,23,24). The Balaban J connectivity index is 1.40. The minimum Gasteiger partial charge on any atom is -0.493 e. The lowest BCUT2D eigenvalue weighted by Crippen LogP contribution is -2.51. The molecule has 8 heteroatoms. The Labute approximate surface area is 162 Å². The summed E-state index contributed by atoms with van der Waals surface area (Å²) in [7, 11) is -3.50. The second-order valence-corrected chi connectivity index (χ2v) is 9.20. The second-order valence-electron chi connectivity index (χ2n) is 7.26. The molecule has 1 aliphatic carbocycles. The van der Waals surface area contributed by atoms with Crippen molar-refractivity contribution in [1.82, 2.24) is 4.31 Å². The lowest BCUT2D eigenvalue weighted by molar-refractivity contribution is 0.0691. The Kier molecular flexibility index (Phi) is 4.84. The Morgan fingerprint density at radius 2 is 1.86 bits per heavy atom. The second kappa shape index (κ2) is 7.18. The van der Waals surface area contributed by atoms with Crippen LogP contribution in [0.1, 0.15) is 34.7 Å². The Bertz CT molecular complexity index is 999. The summed E-state index contributed by atoms with van der Waals surface area (Å²) >= 11 is 0. The van der Waals surface area contributed by atoms with Crippen LogP contribution in [0.5, 0.6) is 5.75 Å². The van der Waals surface area contributed by atoms with E-state index in [1.807, 2.05) is 0 Å². The number of halogens is 1. The molecule has 4 rings (SSSR count). The van der Waals surface area contributed by atoms with Crippen molar-refractivity contribution in [1.29, 1.82) is 0 Å². The van der Waals surface area contributed by atoms with Crippen molar-refractivity contribution in [3.8, 4) is 5.75 Å². The number of benzene rings is 2. The number of carbonyl (C=O) groups is 1. The molecular weight excluding hydrogens is 385 g/mol. The number of sulfonamides is 1. The SMILES string of the molecule is O=C(O)c1cc(C2CC2)c(OCC2CN(S(=O)(=O)c3ccccc3)C2)cc1F. The fourth-order valence-corrected chi connectivity index (χ4v) is 4.96. The van der Waals surface area contributed by atoms with E-state index >= 15 is 0 Å². The topological polar surface area (TPSA) is 83.9 Å². The Morgan fingerprint density at radius 1 is 1.18 bits per heavy atom. The van der Waals surface area contributed by atoms with E-state index in [4.69, 9.17) is 9.84 Å². The number of aromatic carboxylic acids is 1. The molecule has 2 fully saturated rings. The highest BCUT2D eigenvalue weighted by molar-refractivity contribution is 7.89. The number of nitrogens with zero attached hydrogens (tertiary/aromatic N) is 1. The molecule has 0 atom stereocenters. The van der Waals surface area contributed by atoms with Gasteiger partial charge in [0.15, 0.2) is 0 Å². The summed E-state index contributed by atoms with van der Waals surface area (Å²) in [5.41, 5.74) is 0.366. The van der Waals surface area contributed by atoms with Crippen LogP contribution in [0.3, 0.4) is 0 Å². The van der Waals surface area contributed by atoms with Gasteiger partial charge < -0.3 is 9.84 Å². The number of carboxylic acid groups (broad SMARTS) is 1. The fraction of sp³-hybridized carbons (Fsp3) is 0.350. The monoisotopic (exact) mass is 405 g/mol. The molecular formula is C20H20FNO5S. The van der Waals surface area contributed by atoms with Crippen molar-refractivity contribution in [3.63, 3.8) is 0 Å². The summed E-state index contributed by atoms with van der Waals surface area (Å²) in [5.74, 6) is -1.56. The molecule has 2 aromatic carbocycles. The predicted octanol–water partition coefficient (Wildman–Crippen LogP) is 3.10. The van der Waals surface area contributed by atoms with Crippen LogP contribution < -0.4 is 4.74 Å². The van der Waals surface area contributed by atoms with Crippen molar-refractivity contribution in [3.05, 3.63) is 59.4 Å². The first-order valence-electron chi connectivity index (χ1n) is 9.11. The summed E-state index contributed by atoms with van der Waals surface area (Å²) in [6.45, 7) is 0.934. The van der Waals surface area contributed by atoms with E-state index in [2.05, 4.69) is 0 Å². The molecule has 0 bridgehead atoms. The van der Waals surface area contributed by atoms with Gasteiger partial charge >= 0.3 is 5.97 Å². The highest BCUT2D eigenvalue weighted by atomic mass is 32.2. The van der Waals surface area contributed by atoms with Crippen LogP contribution in [-0.4, -0.2) is 43.5 Å². The number of rotatable bonds is 7. The van der Waals surface area contributed by atoms with Gasteiger partial charge in [-0.05, 0) is 42.5 Å². The molecule has 1 N–H and O–H groups in total. The van der Waals surface area contributed by atoms with Crippen LogP contribution >= 0.6 is 0 Å². The average molecular weight is 405 g/mol. The first kappa shape index (κ1) is 18.9. The third-order valence-electron chi connectivity index (χ3n) is 5.13. The van der Waals surface area contributed by atoms with Gasteiger partial charge in [0.05, 0.1) is 17.1 Å². The minimum atomic E-state index is -3.50. The van der Waals surface area contributed by atoms with Gasteiger partial charge in [0.2, 0.25) is 10.0 Å². The molecule has 2 aromatic rings. The van der Waals surface area contributed by atoms with E-state index in [9.17, 15) is 17.6 Å². The molecule has 0 unspecified atom stereocenters. The van der Waals surface area contributed by atoms with Gasteiger partial charge in [0.1, 0.15) is 11.6 Å². The smallest absolute Gasteiger partial charge is 0.338 e. The van der Waals surface area contributed by atoms with Crippen LogP contribution in [0.4, 0.5) is 4.39 Å². The lowest BCUT2D eigenvalue weighted by atomic mass is 10.0. The van der Waals surface area contributed by atoms with Gasteiger partial charge in [-0.15, -0.1) is 0 Å². The van der Waals surface area contributed by atoms with Gasteiger partial charge in [0.25, 0.3) is 0 Å². The molecule has 6 nitrogen and oxygen atoms in total. The first-order valence-corrected chi connectivity index (χ1v) is 10.5. The van der Waals surface area contributed by atoms with Gasteiger partial charge in [-0.25, -0.2) is 17.6 Å². The Morgan fingerprint density at radius 3 is 2.46 bits per heavy atom. The van der Waals surface area contributed by atoms with Crippen molar-refractivity contribution in [2.45, 2.75) is 23.7 Å². The van der Waals surface area contributed by atoms with Gasteiger partial charge in [-0.2, -0.15) is 4.31 Å². The summed E-state index contributed by atoms with van der Waals surface area (Å²) < 4.78 is 46.2. The number of hydrogen-bond acceptors (Lipinski definition) is 4. The maximum Gasteiger partial charge on any atom is 0.338 e. The first-order chi connectivity index (χ1) is 13.4. The molecule has 0 amide bonds. The zero-order valence-corrected chi connectivity index (χ0v) is 15.9. The van der Waals surface area contributed by atoms with Crippen molar-refractivity contribution < 1.29 is 27.4 Å². The number of ether oxygens (including phenoxy) is 1. The minimum absolute atomic E-state index is 0.00718. The number of carboxylic acids is 1. The zero-order chi connectivity index (χ0) is 19.9. The summed E-state index contributed by atoms with van der Waals surface area (Å²) in [5, 5.41) is 9.10. The average Bonchev–Trinajstić information content (AvgIpc) is 3.45. The highest BCUT2D eigenvalue weighted by Crippen LogP contribution is 2.45. The van der Waals surface area contributed by atoms with Crippen LogP contribution in [0, 0.1) is 11.7 Å². The van der Waals surface area contributed by atoms with Gasteiger partial charge in [-0.1, -0.05) is 18.2 Å². The third kappa shape index (κ3) is 3.62. The molecule has 2 aliphatic rings. The summed E-state index contributed by atoms with van der Waals surface area (Å²) in [4.78, 5) is 11.4. The van der Waals surface area contributed by atoms with Gasteiger partial charge in [0, 0.05) is 25.1 Å². The molecule has 1 heterocycles. The van der Waals surface area contributed by atoms with Crippen molar-refractivity contribution >= 4 is 16.0 Å². The maximum atomic E-state index is 14.0. The van der Waals surface area contributed by atoms with Crippen LogP contribution in [0.25, 0.3) is 0 Å². The molecule has 148 valence electrons. The number of hydrogen-bond donors (Lipinski definition) is 1. The molecule has 1 aliphatic heterocycles. The lowest BCUT2D eigenvalue weighted by Gasteiger charge is -2.37. The van der Waals surface area contributed by atoms with E-state index in [-0.39, 0.29) is 28.9 Å². The van der Waals surface area contributed by atoms with Crippen LogP contribution in [0.15, 0.2) is 47.4 Å². The molecule has 0 spiro atoms. The summed E-state index contributed by atoms with van der Waals surface area (Å²) in [6, 6.07) is 10.7. The quantitative estimate of drug-likeness (QED) is 0.765. The van der Waals surface area contributed by atoms with Crippen molar-refractivity contribution in [2.75, 3.05) is 19.7 Å². The van der Waals surface area contributed by atoms with E-state index in [1.54, 1.807) is 30.3 Å². The van der Waals surface area contributed by atoms with Crippen molar-refractivity contribution in [2.24, 2.45) is 5.92 Å². The van der Waals surface area contributed by atoms with E-state index in [0.29, 0.717) is 24.4 Å². The van der Waals surface area contributed by atoms with Gasteiger partial charge in [-0.3, -0.25) is 0 Å². The molecule has 0 radical (unpaired) electrons. The predicted molar refractivity (Wildman–Crippen MR) is 99.5 cm³/mol. The molecule has 0 aromatic heterocycles. The molecule has 1 saturated carbocycles. The molecule has 28 heavy (non-hydrogen) atoms. The third-order valence-corrected chi connectivity index (χ3v) is 6.97. The maximum absolute atomic E-state index is 14.0. The molecule has 1 saturated heterocycles. The largest absolute Gasteiger partial charge is 0.493 e. The van der Waals surface area contributed by atoms with Crippen LogP contribution in [-0.2, 0) is 10.0 Å². The highest BCUT2D eigenvalue weighted by Gasteiger charge is 2.37. The van der Waals surface area contributed by atoms with E-state index < -0.39 is 21.8 Å². The fourth-order valence-electron chi connectivity index (χ4n) is 3.35. The van der Waals surface area contributed by atoms with E-state index in [0.717, 1.165) is 18.9 Å². The van der Waals surface area contributed by atoms with Crippen LogP contribution in [0.2, 0.25) is 0 Å². The zero-order valence-electron chi connectivity index (χ0n) is 15.0.